The Morgan fingerprint density at radius 2 is 2.18 bits per heavy atom. The third-order valence-electron chi connectivity index (χ3n) is 2.71. The summed E-state index contributed by atoms with van der Waals surface area (Å²) in [6.45, 7) is 3.45. The van der Waals surface area contributed by atoms with Gasteiger partial charge in [-0.15, -0.1) is 0 Å². The fourth-order valence-corrected chi connectivity index (χ4v) is 1.96. The van der Waals surface area contributed by atoms with Crippen LogP contribution >= 0.6 is 0 Å². The number of carbonyl (C=O) groups is 2. The Morgan fingerprint density at radius 3 is 2.82 bits per heavy atom. The zero-order valence-corrected chi connectivity index (χ0v) is 9.70. The number of hydrogen-bond donors (Lipinski definition) is 0. The first kappa shape index (κ1) is 11.8. The summed E-state index contributed by atoms with van der Waals surface area (Å²) in [6.07, 6.45) is 0.0516. The van der Waals surface area contributed by atoms with Crippen LogP contribution in [0.15, 0.2) is 18.2 Å². The Morgan fingerprint density at radius 1 is 1.47 bits per heavy atom. The summed E-state index contributed by atoms with van der Waals surface area (Å²) in [5.41, 5.74) is 1.01. The molecule has 1 aliphatic carbocycles. The third-order valence-corrected chi connectivity index (χ3v) is 2.71. The van der Waals surface area contributed by atoms with Crippen LogP contribution in [0.2, 0.25) is 0 Å². The van der Waals surface area contributed by atoms with Crippen molar-refractivity contribution in [2.24, 2.45) is 5.92 Å². The van der Waals surface area contributed by atoms with Gasteiger partial charge in [0, 0.05) is 5.56 Å². The number of carbonyl (C=O) groups excluding carboxylic acids is 2. The number of benzene rings is 1. The van der Waals surface area contributed by atoms with Crippen LogP contribution in [-0.2, 0) is 16.0 Å². The van der Waals surface area contributed by atoms with E-state index in [2.05, 4.69) is 0 Å². The van der Waals surface area contributed by atoms with Crippen LogP contribution in [-0.4, -0.2) is 17.9 Å². The van der Waals surface area contributed by atoms with Crippen LogP contribution in [0.3, 0.4) is 0 Å². The lowest BCUT2D eigenvalue weighted by atomic mass is 10.1. The molecule has 0 amide bonds. The molecule has 1 unspecified atom stereocenters. The van der Waals surface area contributed by atoms with E-state index < -0.39 is 17.7 Å². The van der Waals surface area contributed by atoms with Gasteiger partial charge < -0.3 is 4.74 Å². The Hall–Kier alpha value is -1.71. The Kier molecular flexibility index (Phi) is 2.96. The molecule has 1 aromatic rings. The first-order valence-electron chi connectivity index (χ1n) is 5.52. The molecule has 0 spiro atoms. The highest BCUT2D eigenvalue weighted by molar-refractivity contribution is 6.12. The molecular formula is C13H13FO3. The first-order valence-corrected chi connectivity index (χ1v) is 5.52. The van der Waals surface area contributed by atoms with Gasteiger partial charge in [-0.25, -0.2) is 4.39 Å². The van der Waals surface area contributed by atoms with Gasteiger partial charge in [0.25, 0.3) is 0 Å². The Bertz CT molecular complexity index is 480. The molecule has 0 aromatic heterocycles. The molecule has 1 aromatic carbocycles. The number of fused-ring (bicyclic) bond motifs is 1. The second-order valence-electron chi connectivity index (χ2n) is 4.41. The first-order chi connectivity index (χ1) is 7.99. The number of ketones is 1. The van der Waals surface area contributed by atoms with Crippen molar-refractivity contribution in [1.82, 2.24) is 0 Å². The second kappa shape index (κ2) is 4.28. The zero-order valence-electron chi connectivity index (χ0n) is 9.70. The van der Waals surface area contributed by atoms with Crippen molar-refractivity contribution >= 4 is 11.8 Å². The summed E-state index contributed by atoms with van der Waals surface area (Å²) < 4.78 is 18.0. The van der Waals surface area contributed by atoms with Crippen molar-refractivity contribution in [2.45, 2.75) is 26.4 Å². The maximum Gasteiger partial charge on any atom is 0.317 e. The standard InChI is InChI=1S/C13H13FO3/c1-7(2)17-13(16)11-5-8-3-4-9(14)6-10(8)12(11)15/h3-4,6-7,11H,5H2,1-2H3. The highest BCUT2D eigenvalue weighted by atomic mass is 19.1. The third kappa shape index (κ3) is 2.20. The Balaban J connectivity index is 2.23. The largest absolute Gasteiger partial charge is 0.462 e. The van der Waals surface area contributed by atoms with E-state index in [0.29, 0.717) is 17.5 Å². The molecule has 0 aliphatic heterocycles. The molecule has 4 heteroatoms. The fourth-order valence-electron chi connectivity index (χ4n) is 1.96. The van der Waals surface area contributed by atoms with E-state index in [1.165, 1.54) is 12.1 Å². The normalized spacial score (nSPS) is 18.4. The smallest absolute Gasteiger partial charge is 0.317 e. The predicted molar refractivity (Wildman–Crippen MR) is 59.2 cm³/mol. The van der Waals surface area contributed by atoms with Crippen LogP contribution in [0.1, 0.15) is 29.8 Å². The van der Waals surface area contributed by atoms with E-state index in [-0.39, 0.29) is 11.9 Å². The minimum absolute atomic E-state index is 0.254. The Labute approximate surface area is 98.6 Å². The molecule has 1 atom stereocenters. The average molecular weight is 236 g/mol. The van der Waals surface area contributed by atoms with Gasteiger partial charge >= 0.3 is 5.97 Å². The SMILES string of the molecule is CC(C)OC(=O)C1Cc2ccc(F)cc2C1=O. The highest BCUT2D eigenvalue weighted by Gasteiger charge is 2.37. The van der Waals surface area contributed by atoms with Crippen LogP contribution in [0, 0.1) is 11.7 Å². The van der Waals surface area contributed by atoms with Gasteiger partial charge in [0.1, 0.15) is 11.7 Å². The maximum absolute atomic E-state index is 13.0. The summed E-state index contributed by atoms with van der Waals surface area (Å²) in [5, 5.41) is 0. The van der Waals surface area contributed by atoms with Gasteiger partial charge in [0.2, 0.25) is 0 Å². The number of ether oxygens (including phenoxy) is 1. The van der Waals surface area contributed by atoms with Crippen molar-refractivity contribution in [1.29, 1.82) is 0 Å². The molecular weight excluding hydrogens is 223 g/mol. The topological polar surface area (TPSA) is 43.4 Å². The van der Waals surface area contributed by atoms with Crippen molar-refractivity contribution in [3.05, 3.63) is 35.1 Å². The monoisotopic (exact) mass is 236 g/mol. The molecule has 0 N–H and O–H groups in total. The van der Waals surface area contributed by atoms with Gasteiger partial charge in [0.15, 0.2) is 5.78 Å². The molecule has 1 aliphatic rings. The lowest BCUT2D eigenvalue weighted by Gasteiger charge is -2.11. The number of Topliss-reactive ketones (excluding diaryl/α,β-unsaturated/α-hetero) is 1. The van der Waals surface area contributed by atoms with Crippen LogP contribution in [0.4, 0.5) is 4.39 Å². The van der Waals surface area contributed by atoms with E-state index in [0.717, 1.165) is 0 Å². The molecule has 3 nitrogen and oxygen atoms in total. The minimum atomic E-state index is -0.811. The summed E-state index contributed by atoms with van der Waals surface area (Å²) in [4.78, 5) is 23.6. The molecule has 0 fully saturated rings. The van der Waals surface area contributed by atoms with Gasteiger partial charge in [-0.1, -0.05) is 6.07 Å². The van der Waals surface area contributed by atoms with E-state index >= 15 is 0 Å². The number of hydrogen-bond acceptors (Lipinski definition) is 3. The molecule has 0 saturated carbocycles. The average Bonchev–Trinajstić information content (AvgIpc) is 2.55. The molecule has 0 bridgehead atoms. The molecule has 90 valence electrons. The molecule has 0 saturated heterocycles. The van der Waals surface area contributed by atoms with Crippen LogP contribution < -0.4 is 0 Å². The van der Waals surface area contributed by atoms with E-state index in [1.807, 2.05) is 0 Å². The summed E-state index contributed by atoms with van der Waals surface area (Å²) >= 11 is 0. The molecule has 0 radical (unpaired) electrons. The number of esters is 1. The van der Waals surface area contributed by atoms with Crippen LogP contribution in [0.25, 0.3) is 0 Å². The number of rotatable bonds is 2. The van der Waals surface area contributed by atoms with E-state index in [9.17, 15) is 14.0 Å². The van der Waals surface area contributed by atoms with E-state index in [1.54, 1.807) is 19.9 Å². The molecule has 17 heavy (non-hydrogen) atoms. The summed E-state index contributed by atoms with van der Waals surface area (Å²) in [7, 11) is 0. The maximum atomic E-state index is 13.0. The van der Waals surface area contributed by atoms with Crippen molar-refractivity contribution < 1.29 is 18.7 Å². The molecule has 0 heterocycles. The number of halogens is 1. The van der Waals surface area contributed by atoms with Gasteiger partial charge in [-0.2, -0.15) is 0 Å². The van der Waals surface area contributed by atoms with Gasteiger partial charge in [-0.3, -0.25) is 9.59 Å². The van der Waals surface area contributed by atoms with Crippen molar-refractivity contribution in [3.63, 3.8) is 0 Å². The summed E-state index contributed by atoms with van der Waals surface area (Å²) in [6, 6.07) is 4.02. The zero-order chi connectivity index (χ0) is 12.6. The lowest BCUT2D eigenvalue weighted by molar-refractivity contribution is -0.150. The van der Waals surface area contributed by atoms with Crippen molar-refractivity contribution in [2.75, 3.05) is 0 Å². The highest BCUT2D eigenvalue weighted by Crippen LogP contribution is 2.28. The minimum Gasteiger partial charge on any atom is -0.462 e. The predicted octanol–water partition coefficient (Wildman–Crippen LogP) is 2.13. The van der Waals surface area contributed by atoms with Gasteiger partial charge in [0.05, 0.1) is 6.10 Å². The molecule has 2 rings (SSSR count). The van der Waals surface area contributed by atoms with Gasteiger partial charge in [-0.05, 0) is 38.0 Å². The fraction of sp³-hybridized carbons (Fsp3) is 0.385. The second-order valence-corrected chi connectivity index (χ2v) is 4.41. The lowest BCUT2D eigenvalue weighted by Crippen LogP contribution is -2.25. The summed E-state index contributed by atoms with van der Waals surface area (Å²) in [5.74, 6) is -2.14. The van der Waals surface area contributed by atoms with Crippen LogP contribution in [0.5, 0.6) is 0 Å². The van der Waals surface area contributed by atoms with Crippen molar-refractivity contribution in [3.8, 4) is 0 Å². The quantitative estimate of drug-likeness (QED) is 0.583. The van der Waals surface area contributed by atoms with E-state index in [4.69, 9.17) is 4.74 Å².